The second-order valence-electron chi connectivity index (χ2n) is 5.66. The van der Waals surface area contributed by atoms with Crippen molar-refractivity contribution in [3.8, 4) is 0 Å². The number of benzene rings is 3. The maximum Gasteiger partial charge on any atom is 0.0729 e. The van der Waals surface area contributed by atoms with E-state index in [2.05, 4.69) is 19.1 Å². The third-order valence-electron chi connectivity index (χ3n) is 3.75. The van der Waals surface area contributed by atoms with E-state index >= 15 is 0 Å². The number of nitrogens with two attached hydrogens (primary N) is 1. The molecule has 2 nitrogen and oxygen atoms in total. The van der Waals surface area contributed by atoms with Crippen LogP contribution < -0.4 is 5.73 Å². The number of hydrogen-bond acceptors (Lipinski definition) is 2. The molecule has 0 radical (unpaired) electrons. The van der Waals surface area contributed by atoms with Gasteiger partial charge in [0.15, 0.2) is 0 Å². The van der Waals surface area contributed by atoms with Crippen molar-refractivity contribution in [2.24, 2.45) is 10.7 Å². The Labute approximate surface area is 143 Å². The monoisotopic (exact) mass is 312 g/mol. The van der Waals surface area contributed by atoms with E-state index < -0.39 is 0 Å². The minimum atomic E-state index is 0.702. The molecule has 0 unspecified atom stereocenters. The number of nitrogens with zero attached hydrogens (tertiary/aromatic N) is 1. The molecule has 24 heavy (non-hydrogen) atoms. The minimum Gasteiger partial charge on any atom is -0.398 e. The summed E-state index contributed by atoms with van der Waals surface area (Å²) in [4.78, 5) is 4.77. The zero-order chi connectivity index (χ0) is 16.8. The summed E-state index contributed by atoms with van der Waals surface area (Å²) in [7, 11) is 0. The van der Waals surface area contributed by atoms with Gasteiger partial charge >= 0.3 is 0 Å². The average molecular weight is 312 g/mol. The minimum absolute atomic E-state index is 0.702. The van der Waals surface area contributed by atoms with Gasteiger partial charge < -0.3 is 5.73 Å². The van der Waals surface area contributed by atoms with Gasteiger partial charge in [-0.3, -0.25) is 0 Å². The van der Waals surface area contributed by atoms with Crippen LogP contribution in [0, 0.1) is 6.92 Å². The summed E-state index contributed by atoms with van der Waals surface area (Å²) < 4.78 is 0. The van der Waals surface area contributed by atoms with Crippen LogP contribution in [0.3, 0.4) is 0 Å². The SMILES string of the molecule is Cc1ccc(C(N)=CC(=Nc2ccccc2)c2ccccc2)cc1. The van der Waals surface area contributed by atoms with Gasteiger partial charge in [-0.2, -0.15) is 0 Å². The summed E-state index contributed by atoms with van der Waals surface area (Å²) in [6.45, 7) is 2.07. The lowest BCUT2D eigenvalue weighted by atomic mass is 10.1. The molecule has 0 heterocycles. The summed E-state index contributed by atoms with van der Waals surface area (Å²) in [5.41, 5.74) is 12.0. The van der Waals surface area contributed by atoms with Crippen LogP contribution in [-0.4, -0.2) is 5.71 Å². The first kappa shape index (κ1) is 15.8. The lowest BCUT2D eigenvalue weighted by Gasteiger charge is -2.06. The predicted molar refractivity (Wildman–Crippen MR) is 102 cm³/mol. The third-order valence-corrected chi connectivity index (χ3v) is 3.75. The highest BCUT2D eigenvalue weighted by atomic mass is 14.7. The molecule has 2 N–H and O–H groups in total. The molecule has 0 aliphatic rings. The number of rotatable bonds is 4. The smallest absolute Gasteiger partial charge is 0.0729 e. The molecule has 118 valence electrons. The van der Waals surface area contributed by atoms with Crippen molar-refractivity contribution in [2.75, 3.05) is 0 Å². The highest BCUT2D eigenvalue weighted by molar-refractivity contribution is 6.13. The van der Waals surface area contributed by atoms with Gasteiger partial charge in [-0.25, -0.2) is 4.99 Å². The van der Waals surface area contributed by atoms with Gasteiger partial charge in [0.2, 0.25) is 0 Å². The largest absolute Gasteiger partial charge is 0.398 e. The van der Waals surface area contributed by atoms with Crippen LogP contribution in [-0.2, 0) is 0 Å². The normalized spacial score (nSPS) is 12.2. The molecule has 0 amide bonds. The Morgan fingerprint density at radius 2 is 1.33 bits per heavy atom. The van der Waals surface area contributed by atoms with Gasteiger partial charge in [0.25, 0.3) is 0 Å². The summed E-state index contributed by atoms with van der Waals surface area (Å²) in [5, 5.41) is 0. The molecule has 0 aliphatic carbocycles. The number of aliphatic imine (C=N–C) groups is 1. The van der Waals surface area contributed by atoms with Crippen molar-refractivity contribution in [3.63, 3.8) is 0 Å². The van der Waals surface area contributed by atoms with Crippen molar-refractivity contribution in [1.29, 1.82) is 0 Å². The maximum absolute atomic E-state index is 6.32. The number of allylic oxidation sites excluding steroid dienone is 1. The second kappa shape index (κ2) is 7.42. The van der Waals surface area contributed by atoms with Gasteiger partial charge in [0.05, 0.1) is 11.4 Å². The van der Waals surface area contributed by atoms with Crippen LogP contribution in [0.5, 0.6) is 0 Å². The summed E-state index contributed by atoms with van der Waals surface area (Å²) in [5.74, 6) is 0. The Bertz CT molecular complexity index is 845. The molecular weight excluding hydrogens is 292 g/mol. The first-order valence-corrected chi connectivity index (χ1v) is 7.96. The summed E-state index contributed by atoms with van der Waals surface area (Å²) in [6.07, 6.45) is 1.94. The van der Waals surface area contributed by atoms with E-state index in [-0.39, 0.29) is 0 Å². The summed E-state index contributed by atoms with van der Waals surface area (Å²) in [6, 6.07) is 28.2. The van der Waals surface area contributed by atoms with Gasteiger partial charge in [-0.15, -0.1) is 0 Å². The summed E-state index contributed by atoms with van der Waals surface area (Å²) >= 11 is 0. The van der Waals surface area contributed by atoms with E-state index in [1.54, 1.807) is 0 Å². The van der Waals surface area contributed by atoms with Crippen LogP contribution in [0.25, 0.3) is 5.70 Å². The third kappa shape index (κ3) is 3.99. The zero-order valence-electron chi connectivity index (χ0n) is 13.7. The molecule has 0 aliphatic heterocycles. The molecule has 3 aromatic carbocycles. The lowest BCUT2D eigenvalue weighted by molar-refractivity contribution is 1.43. The average Bonchev–Trinajstić information content (AvgIpc) is 2.63. The fraction of sp³-hybridized carbons (Fsp3) is 0.0455. The quantitative estimate of drug-likeness (QED) is 0.667. The Kier molecular flexibility index (Phi) is 4.87. The van der Waals surface area contributed by atoms with Crippen molar-refractivity contribution in [3.05, 3.63) is 108 Å². The van der Waals surface area contributed by atoms with E-state index in [0.29, 0.717) is 5.70 Å². The van der Waals surface area contributed by atoms with Crippen LogP contribution in [0.15, 0.2) is 96.0 Å². The Morgan fingerprint density at radius 3 is 1.96 bits per heavy atom. The molecule has 0 fully saturated rings. The Hall–Kier alpha value is -3.13. The first-order chi connectivity index (χ1) is 11.7. The topological polar surface area (TPSA) is 38.4 Å². The highest BCUT2D eigenvalue weighted by Gasteiger charge is 2.04. The van der Waals surface area contributed by atoms with Gasteiger partial charge in [-0.05, 0) is 30.7 Å². The van der Waals surface area contributed by atoms with Crippen molar-refractivity contribution in [2.45, 2.75) is 6.92 Å². The molecule has 2 heteroatoms. The Balaban J connectivity index is 2.03. The molecule has 0 spiro atoms. The van der Waals surface area contributed by atoms with Crippen molar-refractivity contribution < 1.29 is 0 Å². The van der Waals surface area contributed by atoms with Gasteiger partial charge in [0.1, 0.15) is 0 Å². The van der Waals surface area contributed by atoms with E-state index in [1.807, 2.05) is 78.9 Å². The number of para-hydroxylation sites is 1. The molecule has 0 saturated carbocycles. The van der Waals surface area contributed by atoms with E-state index in [0.717, 1.165) is 22.5 Å². The lowest BCUT2D eigenvalue weighted by Crippen LogP contribution is -2.03. The maximum atomic E-state index is 6.32. The molecule has 0 aromatic heterocycles. The van der Waals surface area contributed by atoms with Crippen molar-refractivity contribution >= 4 is 17.1 Å². The molecule has 0 atom stereocenters. The molecule has 3 rings (SSSR count). The first-order valence-electron chi connectivity index (χ1n) is 7.96. The standard InChI is InChI=1S/C22H20N2/c1-17-12-14-18(15-13-17)21(23)16-22(19-8-4-2-5-9-19)24-20-10-6-3-7-11-20/h2-16H,23H2,1H3. The van der Waals surface area contributed by atoms with Crippen LogP contribution in [0.4, 0.5) is 5.69 Å². The van der Waals surface area contributed by atoms with Gasteiger partial charge in [-0.1, -0.05) is 78.4 Å². The number of hydrogen-bond donors (Lipinski definition) is 1. The molecular formula is C22H20N2. The highest BCUT2D eigenvalue weighted by Crippen LogP contribution is 2.17. The fourth-order valence-electron chi connectivity index (χ4n) is 2.41. The van der Waals surface area contributed by atoms with Crippen LogP contribution in [0.2, 0.25) is 0 Å². The van der Waals surface area contributed by atoms with Gasteiger partial charge in [0, 0.05) is 11.3 Å². The number of aryl methyl sites for hydroxylation is 1. The second-order valence-corrected chi connectivity index (χ2v) is 5.66. The molecule has 0 bridgehead atoms. The van der Waals surface area contributed by atoms with Crippen LogP contribution >= 0.6 is 0 Å². The zero-order valence-corrected chi connectivity index (χ0v) is 13.7. The van der Waals surface area contributed by atoms with Crippen molar-refractivity contribution in [1.82, 2.24) is 0 Å². The molecule has 3 aromatic rings. The Morgan fingerprint density at radius 1 is 0.750 bits per heavy atom. The fourth-order valence-corrected chi connectivity index (χ4v) is 2.41. The van der Waals surface area contributed by atoms with E-state index in [9.17, 15) is 0 Å². The van der Waals surface area contributed by atoms with E-state index in [1.165, 1.54) is 5.56 Å². The molecule has 0 saturated heterocycles. The predicted octanol–water partition coefficient (Wildman–Crippen LogP) is 5.12. The van der Waals surface area contributed by atoms with E-state index in [4.69, 9.17) is 10.7 Å². The van der Waals surface area contributed by atoms with Crippen LogP contribution in [0.1, 0.15) is 16.7 Å².